The van der Waals surface area contributed by atoms with Gasteiger partial charge in [0.2, 0.25) is 0 Å². The van der Waals surface area contributed by atoms with Crippen molar-refractivity contribution in [1.82, 2.24) is 0 Å². The molecular formula is C14H32CaN2O11Zn. The molecule has 0 rings (SSSR count). The maximum Gasteiger partial charge on any atom is 0 e. The van der Waals surface area contributed by atoms with Gasteiger partial charge >= 0.3 is 49.7 Å². The molecule has 0 aliphatic heterocycles. The van der Waals surface area contributed by atoms with Crippen LogP contribution < -0.4 is 11.5 Å². The monoisotopic (exact) mass is 508 g/mol. The second-order valence-corrected chi connectivity index (χ2v) is 5.26. The first-order valence-electron chi connectivity index (χ1n) is 7.77. The number of aliphatic carboxylic acids is 3. The van der Waals surface area contributed by atoms with Crippen LogP contribution in [0.25, 0.3) is 0 Å². The molecule has 0 bridgehead atoms. The van der Waals surface area contributed by atoms with Crippen LogP contribution >= 0.6 is 0 Å². The van der Waals surface area contributed by atoms with Crippen molar-refractivity contribution in [3.05, 3.63) is 0 Å². The van der Waals surface area contributed by atoms with Gasteiger partial charge < -0.3 is 52.3 Å². The van der Waals surface area contributed by atoms with Crippen LogP contribution in [0.2, 0.25) is 0 Å². The molecule has 0 radical (unpaired) electrons. The van der Waals surface area contributed by atoms with E-state index in [0.717, 1.165) is 19.8 Å². The van der Waals surface area contributed by atoms with E-state index in [4.69, 9.17) is 57.1 Å². The molecule has 12 N–H and O–H groups in total. The fourth-order valence-corrected chi connectivity index (χ4v) is 1.30. The number of carboxylic acids is 3. The number of aliphatic hydroxyl groups excluding tert-OH is 5. The zero-order valence-electron chi connectivity index (χ0n) is 15.6. The fraction of sp³-hybridized carbons (Fsp3) is 0.786. The SMILES string of the molecule is CC(=O)O.NCCCCC(N)C(=O)O.O=C(O)C(O)C(O)C(O)C(O)CO.[CaH2].[Zn]. The average molecular weight is 510 g/mol. The third-order valence-electron chi connectivity index (χ3n) is 2.79. The minimum atomic E-state index is -2.20. The predicted octanol–water partition coefficient (Wildman–Crippen LogP) is -4.79. The van der Waals surface area contributed by atoms with Gasteiger partial charge in [-0.15, -0.1) is 0 Å². The Morgan fingerprint density at radius 2 is 1.31 bits per heavy atom. The zero-order chi connectivity index (χ0) is 22.2. The summed E-state index contributed by atoms with van der Waals surface area (Å²) >= 11 is 0. The molecule has 0 amide bonds. The van der Waals surface area contributed by atoms with Crippen molar-refractivity contribution in [2.75, 3.05) is 13.2 Å². The van der Waals surface area contributed by atoms with Gasteiger partial charge in [0.15, 0.2) is 6.10 Å². The Morgan fingerprint density at radius 3 is 1.59 bits per heavy atom. The van der Waals surface area contributed by atoms with Crippen LogP contribution in [-0.4, -0.2) is 140 Å². The van der Waals surface area contributed by atoms with Crippen LogP contribution in [0, 0.1) is 0 Å². The van der Waals surface area contributed by atoms with Gasteiger partial charge in [0, 0.05) is 26.4 Å². The molecule has 5 unspecified atom stereocenters. The third-order valence-corrected chi connectivity index (χ3v) is 2.79. The summed E-state index contributed by atoms with van der Waals surface area (Å²) < 4.78 is 0. The van der Waals surface area contributed by atoms with Gasteiger partial charge in [-0.2, -0.15) is 0 Å². The number of unbranched alkanes of at least 4 members (excludes halogenated alkanes) is 1. The summed E-state index contributed by atoms with van der Waals surface area (Å²) in [5.74, 6) is -3.49. The Morgan fingerprint density at radius 1 is 0.897 bits per heavy atom. The normalized spacial score (nSPS) is 14.5. The Kier molecular flexibility index (Phi) is 33.1. The number of aliphatic hydroxyl groups is 5. The average Bonchev–Trinajstić information content (AvgIpc) is 2.58. The van der Waals surface area contributed by atoms with E-state index >= 15 is 0 Å². The number of carboxylic acid groups (broad SMARTS) is 3. The van der Waals surface area contributed by atoms with Crippen LogP contribution in [0.5, 0.6) is 0 Å². The molecule has 13 nitrogen and oxygen atoms in total. The quantitative estimate of drug-likeness (QED) is 0.0979. The summed E-state index contributed by atoms with van der Waals surface area (Å²) in [6.07, 6.45) is -5.67. The van der Waals surface area contributed by atoms with E-state index in [0.29, 0.717) is 13.0 Å². The minimum Gasteiger partial charge on any atom is 0 e. The fourth-order valence-electron chi connectivity index (χ4n) is 1.30. The van der Waals surface area contributed by atoms with Gasteiger partial charge in [0.1, 0.15) is 24.4 Å². The van der Waals surface area contributed by atoms with Crippen molar-refractivity contribution in [2.24, 2.45) is 11.5 Å². The molecule has 0 aliphatic carbocycles. The van der Waals surface area contributed by atoms with Crippen LogP contribution in [0.4, 0.5) is 0 Å². The number of nitrogens with two attached hydrogens (primary N) is 2. The van der Waals surface area contributed by atoms with Crippen molar-refractivity contribution in [3.8, 4) is 0 Å². The largest absolute Gasteiger partial charge is 0 e. The van der Waals surface area contributed by atoms with E-state index < -0.39 is 55.0 Å². The standard InChI is InChI=1S/C6H14N2O2.C6H12O7.C2H4O2.Ca.Zn.2H/c7-4-2-1-3-5(8)6(9)10;7-1-2(8)3(9)4(10)5(11)6(12)13;1-2(3)4;;;;/h5H,1-4,7-8H2,(H,9,10);2-5,7-11H,1H2,(H,12,13);1H3,(H,3,4);;;;. The van der Waals surface area contributed by atoms with Gasteiger partial charge in [-0.1, -0.05) is 6.42 Å². The molecule has 0 fully saturated rings. The van der Waals surface area contributed by atoms with E-state index in [1.165, 1.54) is 0 Å². The van der Waals surface area contributed by atoms with Crippen molar-refractivity contribution in [3.63, 3.8) is 0 Å². The topological polar surface area (TPSA) is 265 Å². The molecule has 0 spiro atoms. The van der Waals surface area contributed by atoms with Crippen LogP contribution in [0.15, 0.2) is 0 Å². The summed E-state index contributed by atoms with van der Waals surface area (Å²) in [7, 11) is 0. The molecule has 0 saturated carbocycles. The van der Waals surface area contributed by atoms with Gasteiger partial charge in [0.05, 0.1) is 6.61 Å². The molecule has 0 heterocycles. The van der Waals surface area contributed by atoms with Crippen molar-refractivity contribution < 1.29 is 74.7 Å². The van der Waals surface area contributed by atoms with Crippen molar-refractivity contribution >= 4 is 55.6 Å². The van der Waals surface area contributed by atoms with Crippen molar-refractivity contribution in [2.45, 2.75) is 56.6 Å². The van der Waals surface area contributed by atoms with E-state index in [1.54, 1.807) is 0 Å². The summed E-state index contributed by atoms with van der Waals surface area (Å²) in [6.45, 7) is 0.844. The number of hydrogen-bond donors (Lipinski definition) is 10. The summed E-state index contributed by atoms with van der Waals surface area (Å²) in [5.41, 5.74) is 10.4. The van der Waals surface area contributed by atoms with E-state index in [-0.39, 0.29) is 57.2 Å². The molecule has 168 valence electrons. The molecular weight excluding hydrogens is 478 g/mol. The Labute approximate surface area is 210 Å². The molecule has 5 atom stereocenters. The molecule has 0 aromatic rings. The summed E-state index contributed by atoms with van der Waals surface area (Å²) in [6, 6.07) is -0.716. The maximum absolute atomic E-state index is 10.1. The smallest absolute Gasteiger partial charge is 0 e. The molecule has 0 saturated heterocycles. The minimum absolute atomic E-state index is 0. The number of carbonyl (C=O) groups is 3. The van der Waals surface area contributed by atoms with E-state index in [9.17, 15) is 9.59 Å². The van der Waals surface area contributed by atoms with Gasteiger partial charge in [-0.3, -0.25) is 9.59 Å². The zero-order valence-corrected chi connectivity index (χ0v) is 18.6. The van der Waals surface area contributed by atoms with Crippen molar-refractivity contribution in [1.29, 1.82) is 0 Å². The first kappa shape index (κ1) is 39.5. The van der Waals surface area contributed by atoms with Gasteiger partial charge in [0.25, 0.3) is 5.97 Å². The number of hydrogen-bond acceptors (Lipinski definition) is 10. The van der Waals surface area contributed by atoms with Crippen LogP contribution in [0.1, 0.15) is 26.2 Å². The molecule has 29 heavy (non-hydrogen) atoms. The van der Waals surface area contributed by atoms with Gasteiger partial charge in [-0.05, 0) is 19.4 Å². The summed E-state index contributed by atoms with van der Waals surface area (Å²) in [4.78, 5) is 29.2. The summed E-state index contributed by atoms with van der Waals surface area (Å²) in [5, 5.41) is 67.6. The first-order valence-corrected chi connectivity index (χ1v) is 7.77. The molecule has 0 aromatic heterocycles. The van der Waals surface area contributed by atoms with E-state index in [2.05, 4.69) is 0 Å². The van der Waals surface area contributed by atoms with Crippen LogP contribution in [-0.2, 0) is 33.9 Å². The molecule has 15 heteroatoms. The first-order chi connectivity index (χ1) is 12.3. The Balaban J connectivity index is -0.000000107. The number of rotatable bonds is 10. The van der Waals surface area contributed by atoms with Gasteiger partial charge in [-0.25, -0.2) is 4.79 Å². The Bertz CT molecular complexity index is 430. The second kappa shape index (κ2) is 24.3. The predicted molar refractivity (Wildman–Crippen MR) is 99.1 cm³/mol. The maximum atomic E-state index is 10.1. The van der Waals surface area contributed by atoms with E-state index in [1.807, 2.05) is 0 Å². The Hall–Kier alpha value is 0.0131. The van der Waals surface area contributed by atoms with Crippen LogP contribution in [0.3, 0.4) is 0 Å². The third kappa shape index (κ3) is 26.0. The second-order valence-electron chi connectivity index (χ2n) is 5.26. The molecule has 0 aliphatic rings. The molecule has 0 aromatic carbocycles.